The summed E-state index contributed by atoms with van der Waals surface area (Å²) in [5, 5.41) is 0.716. The van der Waals surface area contributed by atoms with E-state index in [2.05, 4.69) is 4.98 Å². The zero-order chi connectivity index (χ0) is 14.7. The van der Waals surface area contributed by atoms with Crippen LogP contribution < -0.4 is 4.90 Å². The van der Waals surface area contributed by atoms with Gasteiger partial charge in [0.25, 0.3) is 5.91 Å². The molecule has 0 aliphatic carbocycles. The summed E-state index contributed by atoms with van der Waals surface area (Å²) < 4.78 is 11.7. The molecule has 1 atom stereocenters. The van der Waals surface area contributed by atoms with Crippen LogP contribution in [0.25, 0.3) is 10.2 Å². The third-order valence-corrected chi connectivity index (χ3v) is 4.55. The highest BCUT2D eigenvalue weighted by molar-refractivity contribution is 7.22. The molecule has 2 aromatic rings. The molecule has 3 rings (SSSR count). The Morgan fingerprint density at radius 3 is 3.10 bits per heavy atom. The summed E-state index contributed by atoms with van der Waals surface area (Å²) in [5.41, 5.74) is 0.917. The number of hydrogen-bond acceptors (Lipinski definition) is 5. The maximum absolute atomic E-state index is 12.3. The SMILES string of the molecule is COCC(=O)N(CC1CCCO1)c1nc2ccccc2s1. The minimum Gasteiger partial charge on any atom is -0.376 e. The summed E-state index contributed by atoms with van der Waals surface area (Å²) in [7, 11) is 1.53. The molecule has 0 radical (unpaired) electrons. The van der Waals surface area contributed by atoms with Crippen molar-refractivity contribution in [1.29, 1.82) is 0 Å². The van der Waals surface area contributed by atoms with E-state index in [4.69, 9.17) is 9.47 Å². The summed E-state index contributed by atoms with van der Waals surface area (Å²) in [6.07, 6.45) is 2.14. The Kier molecular flexibility index (Phi) is 4.48. The van der Waals surface area contributed by atoms with E-state index in [-0.39, 0.29) is 18.6 Å². The van der Waals surface area contributed by atoms with Crippen molar-refractivity contribution in [3.05, 3.63) is 24.3 Å². The number of anilines is 1. The minimum absolute atomic E-state index is 0.0582. The molecule has 1 aromatic heterocycles. The van der Waals surface area contributed by atoms with E-state index in [1.165, 1.54) is 18.4 Å². The summed E-state index contributed by atoms with van der Waals surface area (Å²) >= 11 is 1.53. The van der Waals surface area contributed by atoms with Crippen LogP contribution in [0.15, 0.2) is 24.3 Å². The Hall–Kier alpha value is -1.50. The number of carbonyl (C=O) groups excluding carboxylic acids is 1. The fraction of sp³-hybridized carbons (Fsp3) is 0.467. The van der Waals surface area contributed by atoms with Crippen molar-refractivity contribution >= 4 is 32.6 Å². The van der Waals surface area contributed by atoms with Crippen LogP contribution in [-0.2, 0) is 14.3 Å². The normalized spacial score (nSPS) is 18.2. The van der Waals surface area contributed by atoms with Crippen LogP contribution in [0.2, 0.25) is 0 Å². The van der Waals surface area contributed by atoms with Crippen LogP contribution in [-0.4, -0.2) is 43.9 Å². The number of amides is 1. The van der Waals surface area contributed by atoms with Crippen LogP contribution in [0.1, 0.15) is 12.8 Å². The van der Waals surface area contributed by atoms with E-state index in [0.29, 0.717) is 11.7 Å². The molecule has 0 N–H and O–H groups in total. The number of aromatic nitrogens is 1. The summed E-state index contributed by atoms with van der Waals surface area (Å²) in [5.74, 6) is -0.0768. The first-order valence-electron chi connectivity index (χ1n) is 7.04. The monoisotopic (exact) mass is 306 g/mol. The molecule has 1 aliphatic rings. The number of hydrogen-bond donors (Lipinski definition) is 0. The number of carbonyl (C=O) groups is 1. The third kappa shape index (κ3) is 3.23. The van der Waals surface area contributed by atoms with E-state index in [1.54, 1.807) is 4.90 Å². The molecule has 0 bridgehead atoms. The van der Waals surface area contributed by atoms with Crippen LogP contribution in [0, 0.1) is 0 Å². The van der Waals surface area contributed by atoms with Crippen LogP contribution >= 0.6 is 11.3 Å². The Balaban J connectivity index is 1.87. The second-order valence-corrected chi connectivity index (χ2v) is 6.05. The topological polar surface area (TPSA) is 51.7 Å². The predicted molar refractivity (Wildman–Crippen MR) is 82.8 cm³/mol. The molecule has 1 saturated heterocycles. The Bertz CT molecular complexity index is 589. The lowest BCUT2D eigenvalue weighted by molar-refractivity contribution is -0.122. The fourth-order valence-corrected chi connectivity index (χ4v) is 3.45. The van der Waals surface area contributed by atoms with Gasteiger partial charge in [-0.05, 0) is 25.0 Å². The Morgan fingerprint density at radius 1 is 1.52 bits per heavy atom. The van der Waals surface area contributed by atoms with Crippen molar-refractivity contribution in [1.82, 2.24) is 4.98 Å². The molecular weight excluding hydrogens is 288 g/mol. The van der Waals surface area contributed by atoms with Crippen LogP contribution in [0.3, 0.4) is 0 Å². The number of ether oxygens (including phenoxy) is 2. The molecule has 6 heteroatoms. The van der Waals surface area contributed by atoms with Gasteiger partial charge in [0.1, 0.15) is 6.61 Å². The van der Waals surface area contributed by atoms with Crippen molar-refractivity contribution in [2.75, 3.05) is 31.8 Å². The van der Waals surface area contributed by atoms with Gasteiger partial charge < -0.3 is 9.47 Å². The molecule has 1 aromatic carbocycles. The number of para-hydroxylation sites is 1. The van der Waals surface area contributed by atoms with Crippen molar-refractivity contribution in [3.8, 4) is 0 Å². The number of rotatable bonds is 5. The van der Waals surface area contributed by atoms with E-state index in [1.807, 2.05) is 24.3 Å². The number of benzene rings is 1. The molecule has 2 heterocycles. The van der Waals surface area contributed by atoms with E-state index >= 15 is 0 Å². The summed E-state index contributed by atoms with van der Waals surface area (Å²) in [6, 6.07) is 7.90. The van der Waals surface area contributed by atoms with E-state index < -0.39 is 0 Å². The van der Waals surface area contributed by atoms with Gasteiger partial charge in [-0.2, -0.15) is 0 Å². The average molecular weight is 306 g/mol. The molecule has 1 unspecified atom stereocenters. The van der Waals surface area contributed by atoms with Crippen LogP contribution in [0.5, 0.6) is 0 Å². The van der Waals surface area contributed by atoms with E-state index in [0.717, 1.165) is 29.7 Å². The maximum atomic E-state index is 12.3. The zero-order valence-corrected chi connectivity index (χ0v) is 12.8. The molecule has 0 saturated carbocycles. The lowest BCUT2D eigenvalue weighted by Gasteiger charge is -2.22. The second-order valence-electron chi connectivity index (χ2n) is 5.04. The van der Waals surface area contributed by atoms with Gasteiger partial charge in [0.15, 0.2) is 5.13 Å². The van der Waals surface area contributed by atoms with Crippen molar-refractivity contribution in [3.63, 3.8) is 0 Å². The molecule has 1 aliphatic heterocycles. The number of thiazole rings is 1. The molecule has 1 fully saturated rings. The highest BCUT2D eigenvalue weighted by atomic mass is 32.1. The van der Waals surface area contributed by atoms with Crippen molar-refractivity contribution in [2.45, 2.75) is 18.9 Å². The van der Waals surface area contributed by atoms with Gasteiger partial charge in [0.2, 0.25) is 0 Å². The second kappa shape index (κ2) is 6.51. The third-order valence-electron chi connectivity index (χ3n) is 3.49. The molecule has 21 heavy (non-hydrogen) atoms. The fourth-order valence-electron chi connectivity index (χ4n) is 2.46. The molecular formula is C15H18N2O3S. The summed E-state index contributed by atoms with van der Waals surface area (Å²) in [6.45, 7) is 1.38. The predicted octanol–water partition coefficient (Wildman–Crippen LogP) is 2.45. The smallest absolute Gasteiger partial charge is 0.254 e. The highest BCUT2D eigenvalue weighted by Crippen LogP contribution is 2.29. The number of nitrogens with zero attached hydrogens (tertiary/aromatic N) is 2. The molecule has 1 amide bonds. The maximum Gasteiger partial charge on any atom is 0.254 e. The van der Waals surface area contributed by atoms with Gasteiger partial charge in [-0.15, -0.1) is 0 Å². The Morgan fingerprint density at radius 2 is 2.38 bits per heavy atom. The first kappa shape index (κ1) is 14.4. The first-order chi connectivity index (χ1) is 10.3. The number of fused-ring (bicyclic) bond motifs is 1. The Labute approximate surface area is 127 Å². The van der Waals surface area contributed by atoms with Crippen molar-refractivity contribution < 1.29 is 14.3 Å². The van der Waals surface area contributed by atoms with Gasteiger partial charge in [-0.3, -0.25) is 9.69 Å². The van der Waals surface area contributed by atoms with E-state index in [9.17, 15) is 4.79 Å². The van der Waals surface area contributed by atoms with Gasteiger partial charge in [-0.1, -0.05) is 23.5 Å². The first-order valence-corrected chi connectivity index (χ1v) is 7.86. The van der Waals surface area contributed by atoms with Gasteiger partial charge in [0.05, 0.1) is 22.9 Å². The molecule has 5 nitrogen and oxygen atoms in total. The average Bonchev–Trinajstić information content (AvgIpc) is 3.13. The quantitative estimate of drug-likeness (QED) is 0.851. The lowest BCUT2D eigenvalue weighted by atomic mass is 10.2. The van der Waals surface area contributed by atoms with Crippen LogP contribution in [0.4, 0.5) is 5.13 Å². The zero-order valence-electron chi connectivity index (χ0n) is 11.9. The highest BCUT2D eigenvalue weighted by Gasteiger charge is 2.25. The summed E-state index contributed by atoms with van der Waals surface area (Å²) in [4.78, 5) is 18.6. The minimum atomic E-state index is -0.0768. The van der Waals surface area contributed by atoms with Gasteiger partial charge >= 0.3 is 0 Å². The van der Waals surface area contributed by atoms with Gasteiger partial charge in [0, 0.05) is 13.7 Å². The van der Waals surface area contributed by atoms with Gasteiger partial charge in [-0.25, -0.2) is 4.98 Å². The number of methoxy groups -OCH3 is 1. The lowest BCUT2D eigenvalue weighted by Crippen LogP contribution is -2.39. The molecule has 112 valence electrons. The van der Waals surface area contributed by atoms with Crippen molar-refractivity contribution in [2.24, 2.45) is 0 Å². The molecule has 0 spiro atoms. The largest absolute Gasteiger partial charge is 0.376 e. The standard InChI is InChI=1S/C15H18N2O3S/c1-19-10-14(18)17(9-11-5-4-8-20-11)15-16-12-6-2-3-7-13(12)21-15/h2-3,6-7,11H,4-5,8-10H2,1H3.